The Labute approximate surface area is 135 Å². The Kier molecular flexibility index (Phi) is 4.43. The first-order valence-electron chi connectivity index (χ1n) is 6.92. The van der Waals surface area contributed by atoms with Gasteiger partial charge in [-0.05, 0) is 18.1 Å². The van der Waals surface area contributed by atoms with Crippen LogP contribution in [0.5, 0.6) is 5.75 Å². The molecule has 2 aromatic rings. The van der Waals surface area contributed by atoms with E-state index in [4.69, 9.17) is 4.43 Å². The van der Waals surface area contributed by atoms with Crippen LogP contribution in [0.15, 0.2) is 18.6 Å². The van der Waals surface area contributed by atoms with E-state index in [1.165, 1.54) is 24.6 Å². The molecule has 2 heterocycles. The van der Waals surface area contributed by atoms with Gasteiger partial charge in [0.2, 0.25) is 5.13 Å². The van der Waals surface area contributed by atoms with E-state index in [1.54, 1.807) is 17.1 Å². The van der Waals surface area contributed by atoms with Gasteiger partial charge in [0.1, 0.15) is 10.6 Å². The second kappa shape index (κ2) is 5.84. The molecule has 6 nitrogen and oxygen atoms in total. The quantitative estimate of drug-likeness (QED) is 0.630. The summed E-state index contributed by atoms with van der Waals surface area (Å²) in [4.78, 5) is 16.1. The number of ether oxygens (including phenoxy) is 1. The molecule has 120 valence electrons. The average Bonchev–Trinajstić information content (AvgIpc) is 3.04. The molecule has 0 unspecified atom stereocenters. The average molecular weight is 339 g/mol. The van der Waals surface area contributed by atoms with E-state index in [1.807, 2.05) is 0 Å². The van der Waals surface area contributed by atoms with Crippen LogP contribution < -0.4 is 4.43 Å². The molecule has 0 saturated carbocycles. The second-order valence-electron chi connectivity index (χ2n) is 6.48. The Bertz CT molecular complexity index is 673. The third-order valence-corrected chi connectivity index (χ3v) is 9.14. The summed E-state index contributed by atoms with van der Waals surface area (Å²) in [7, 11) is -0.548. The number of carbonyl (C=O) groups excluding carboxylic acids is 1. The highest BCUT2D eigenvalue weighted by molar-refractivity contribution is 7.15. The van der Waals surface area contributed by atoms with Gasteiger partial charge in [0, 0.05) is 0 Å². The van der Waals surface area contributed by atoms with E-state index in [9.17, 15) is 4.79 Å². The first-order valence-corrected chi connectivity index (χ1v) is 10.6. The highest BCUT2D eigenvalue weighted by atomic mass is 32.1. The maximum Gasteiger partial charge on any atom is 0.349 e. The summed E-state index contributed by atoms with van der Waals surface area (Å²) in [5, 5.41) is 4.98. The Morgan fingerprint density at radius 1 is 1.32 bits per heavy atom. The molecule has 0 aromatic carbocycles. The van der Waals surface area contributed by atoms with Crippen LogP contribution in [-0.2, 0) is 4.74 Å². The summed E-state index contributed by atoms with van der Waals surface area (Å²) < 4.78 is 12.5. The topological polar surface area (TPSA) is 66.2 Å². The number of methoxy groups -OCH3 is 1. The van der Waals surface area contributed by atoms with Crippen molar-refractivity contribution in [1.82, 2.24) is 14.8 Å². The van der Waals surface area contributed by atoms with Gasteiger partial charge in [-0.1, -0.05) is 32.1 Å². The maximum atomic E-state index is 11.5. The fourth-order valence-corrected chi connectivity index (χ4v) is 3.25. The molecule has 0 atom stereocenters. The van der Waals surface area contributed by atoms with Crippen molar-refractivity contribution in [2.45, 2.75) is 38.9 Å². The van der Waals surface area contributed by atoms with Gasteiger partial charge in [-0.2, -0.15) is 5.10 Å². The van der Waals surface area contributed by atoms with Crippen molar-refractivity contribution in [1.29, 1.82) is 0 Å². The number of rotatable bonds is 4. The molecule has 0 aliphatic heterocycles. The van der Waals surface area contributed by atoms with E-state index in [2.05, 4.69) is 48.7 Å². The first-order chi connectivity index (χ1) is 10.1. The normalized spacial score (nSPS) is 12.3. The molecule has 0 saturated heterocycles. The van der Waals surface area contributed by atoms with Crippen LogP contribution in [-0.4, -0.2) is 36.2 Å². The molecule has 0 bridgehead atoms. The van der Waals surface area contributed by atoms with Crippen LogP contribution in [0.25, 0.3) is 5.13 Å². The van der Waals surface area contributed by atoms with Gasteiger partial charge in [-0.25, -0.2) is 14.5 Å². The van der Waals surface area contributed by atoms with Gasteiger partial charge in [0.25, 0.3) is 8.32 Å². The lowest BCUT2D eigenvalue weighted by molar-refractivity contribution is 0.0606. The summed E-state index contributed by atoms with van der Waals surface area (Å²) in [6.07, 6.45) is 4.96. The molecule has 0 aliphatic carbocycles. The molecule has 2 aromatic heterocycles. The molecule has 8 heteroatoms. The Morgan fingerprint density at radius 3 is 2.59 bits per heavy atom. The largest absolute Gasteiger partial charge is 0.541 e. The molecule has 0 fully saturated rings. The van der Waals surface area contributed by atoms with Gasteiger partial charge in [0.05, 0.1) is 25.7 Å². The molecule has 2 rings (SSSR count). The van der Waals surface area contributed by atoms with Gasteiger partial charge >= 0.3 is 5.97 Å². The number of aromatic nitrogens is 3. The lowest BCUT2D eigenvalue weighted by Gasteiger charge is -2.35. The van der Waals surface area contributed by atoms with E-state index in [0.717, 1.165) is 5.75 Å². The van der Waals surface area contributed by atoms with Crippen molar-refractivity contribution in [3.8, 4) is 10.9 Å². The van der Waals surface area contributed by atoms with Crippen molar-refractivity contribution in [2.75, 3.05) is 7.11 Å². The minimum Gasteiger partial charge on any atom is -0.541 e. The van der Waals surface area contributed by atoms with E-state index in [-0.39, 0.29) is 5.04 Å². The summed E-state index contributed by atoms with van der Waals surface area (Å²) in [5.41, 5.74) is 0. The van der Waals surface area contributed by atoms with Crippen LogP contribution in [0.1, 0.15) is 30.4 Å². The van der Waals surface area contributed by atoms with Crippen molar-refractivity contribution in [3.63, 3.8) is 0 Å². The zero-order valence-electron chi connectivity index (χ0n) is 13.7. The number of thiazole rings is 1. The fraction of sp³-hybridized carbons (Fsp3) is 0.500. The third-order valence-electron chi connectivity index (χ3n) is 3.81. The van der Waals surface area contributed by atoms with Crippen molar-refractivity contribution in [2.24, 2.45) is 0 Å². The van der Waals surface area contributed by atoms with Gasteiger partial charge < -0.3 is 9.16 Å². The monoisotopic (exact) mass is 339 g/mol. The Morgan fingerprint density at radius 2 is 2.00 bits per heavy atom. The maximum absolute atomic E-state index is 11.5. The van der Waals surface area contributed by atoms with Gasteiger partial charge in [-0.15, -0.1) is 0 Å². The van der Waals surface area contributed by atoms with E-state index < -0.39 is 14.3 Å². The van der Waals surface area contributed by atoms with E-state index in [0.29, 0.717) is 10.0 Å². The van der Waals surface area contributed by atoms with Gasteiger partial charge in [0.15, 0.2) is 0 Å². The van der Waals surface area contributed by atoms with Crippen LogP contribution >= 0.6 is 11.3 Å². The molecule has 22 heavy (non-hydrogen) atoms. The summed E-state index contributed by atoms with van der Waals surface area (Å²) in [5.74, 6) is 0.329. The minimum atomic E-state index is -1.90. The second-order valence-corrected chi connectivity index (χ2v) is 12.2. The molecule has 0 N–H and O–H groups in total. The molecule has 0 spiro atoms. The molecular formula is C14H21N3O3SSi. The van der Waals surface area contributed by atoms with Crippen LogP contribution in [0.4, 0.5) is 0 Å². The minimum absolute atomic E-state index is 0.119. The Hall–Kier alpha value is -1.67. The zero-order valence-corrected chi connectivity index (χ0v) is 15.5. The molecular weight excluding hydrogens is 318 g/mol. The lowest BCUT2D eigenvalue weighted by atomic mass is 10.2. The molecule has 0 radical (unpaired) electrons. The van der Waals surface area contributed by atoms with Crippen molar-refractivity contribution >= 4 is 25.6 Å². The SMILES string of the molecule is COC(=O)c1cnc(-n2cc(O[Si](C)(C)C(C)(C)C)cn2)s1. The predicted octanol–water partition coefficient (Wildman–Crippen LogP) is 3.50. The number of hydrogen-bond acceptors (Lipinski definition) is 6. The first kappa shape index (κ1) is 16.7. The predicted molar refractivity (Wildman–Crippen MR) is 88.4 cm³/mol. The summed E-state index contributed by atoms with van der Waals surface area (Å²) >= 11 is 1.23. The van der Waals surface area contributed by atoms with Crippen LogP contribution in [0.2, 0.25) is 18.1 Å². The highest BCUT2D eigenvalue weighted by Gasteiger charge is 2.39. The standard InChI is InChI=1S/C14H21N3O3SSi/c1-14(2,3)22(5,6)20-10-7-16-17(9-10)13-15-8-11(21-13)12(18)19-4/h7-9H,1-6H3. The number of nitrogens with zero attached hydrogens (tertiary/aromatic N) is 3. The number of esters is 1. The van der Waals surface area contributed by atoms with Gasteiger partial charge in [-0.3, -0.25) is 0 Å². The van der Waals surface area contributed by atoms with Crippen molar-refractivity contribution in [3.05, 3.63) is 23.5 Å². The lowest BCUT2D eigenvalue weighted by Crippen LogP contribution is -2.43. The van der Waals surface area contributed by atoms with E-state index >= 15 is 0 Å². The van der Waals surface area contributed by atoms with Crippen LogP contribution in [0.3, 0.4) is 0 Å². The molecule has 0 aliphatic rings. The van der Waals surface area contributed by atoms with Crippen molar-refractivity contribution < 1.29 is 14.0 Å². The molecule has 0 amide bonds. The van der Waals surface area contributed by atoms with Crippen LogP contribution in [0, 0.1) is 0 Å². The number of hydrogen-bond donors (Lipinski definition) is 0. The Balaban J connectivity index is 2.18. The highest BCUT2D eigenvalue weighted by Crippen LogP contribution is 2.37. The fourth-order valence-electron chi connectivity index (χ4n) is 1.48. The number of carbonyl (C=O) groups is 1. The summed E-state index contributed by atoms with van der Waals surface area (Å²) in [6.45, 7) is 10.9. The zero-order chi connectivity index (χ0) is 16.5. The summed E-state index contributed by atoms with van der Waals surface area (Å²) in [6, 6.07) is 0. The third kappa shape index (κ3) is 3.38. The smallest absolute Gasteiger partial charge is 0.349 e.